The molecule has 0 amide bonds. The molecule has 0 radical (unpaired) electrons. The van der Waals surface area contributed by atoms with Crippen LogP contribution in [0.3, 0.4) is 0 Å². The fourth-order valence-corrected chi connectivity index (χ4v) is 2.15. The third-order valence-corrected chi connectivity index (χ3v) is 3.34. The molecular formula is C16H20FN3. The molecular weight excluding hydrogens is 253 g/mol. The van der Waals surface area contributed by atoms with Crippen LogP contribution < -0.4 is 16.2 Å². The van der Waals surface area contributed by atoms with Crippen molar-refractivity contribution in [2.24, 2.45) is 5.84 Å². The predicted molar refractivity (Wildman–Crippen MR) is 80.9 cm³/mol. The first-order valence-electron chi connectivity index (χ1n) is 6.58. The Morgan fingerprint density at radius 2 is 1.85 bits per heavy atom. The van der Waals surface area contributed by atoms with Crippen LogP contribution in [0.2, 0.25) is 0 Å². The van der Waals surface area contributed by atoms with Crippen LogP contribution >= 0.6 is 0 Å². The number of hydrogen-bond acceptors (Lipinski definition) is 3. The lowest BCUT2D eigenvalue weighted by atomic mass is 9.99. The van der Waals surface area contributed by atoms with E-state index in [1.165, 1.54) is 12.1 Å². The minimum absolute atomic E-state index is 0.000334. The van der Waals surface area contributed by atoms with E-state index < -0.39 is 0 Å². The van der Waals surface area contributed by atoms with E-state index in [4.69, 9.17) is 5.84 Å². The minimum Gasteiger partial charge on any atom is -0.378 e. The standard InChI is InChI=1S/C16H20FN3/c1-20(2)15-5-3-4-13(11-15)16(19-18)10-12-6-8-14(17)9-7-12/h3-9,11,16,19H,10,18H2,1-2H3. The zero-order valence-corrected chi connectivity index (χ0v) is 11.8. The van der Waals surface area contributed by atoms with Crippen LogP contribution in [-0.4, -0.2) is 14.1 Å². The van der Waals surface area contributed by atoms with Crippen LogP contribution in [0.15, 0.2) is 48.5 Å². The molecule has 1 atom stereocenters. The molecule has 20 heavy (non-hydrogen) atoms. The van der Waals surface area contributed by atoms with Crippen LogP contribution in [0.5, 0.6) is 0 Å². The molecule has 2 aromatic rings. The van der Waals surface area contributed by atoms with Crippen molar-refractivity contribution in [3.8, 4) is 0 Å². The van der Waals surface area contributed by atoms with E-state index in [9.17, 15) is 4.39 Å². The summed E-state index contributed by atoms with van der Waals surface area (Å²) in [7, 11) is 4.01. The van der Waals surface area contributed by atoms with Crippen LogP contribution in [0, 0.1) is 5.82 Å². The lowest BCUT2D eigenvalue weighted by Crippen LogP contribution is -2.29. The highest BCUT2D eigenvalue weighted by molar-refractivity contribution is 5.48. The number of hydrazine groups is 1. The SMILES string of the molecule is CN(C)c1cccc(C(Cc2ccc(F)cc2)NN)c1. The number of rotatable bonds is 5. The Morgan fingerprint density at radius 3 is 2.45 bits per heavy atom. The Hall–Kier alpha value is -1.91. The Balaban J connectivity index is 2.19. The van der Waals surface area contributed by atoms with Crippen LogP contribution in [0.4, 0.5) is 10.1 Å². The third-order valence-electron chi connectivity index (χ3n) is 3.34. The molecule has 106 valence electrons. The first kappa shape index (κ1) is 14.5. The molecule has 4 heteroatoms. The number of halogens is 1. The molecule has 3 N–H and O–H groups in total. The van der Waals surface area contributed by atoms with Gasteiger partial charge in [0.15, 0.2) is 0 Å². The average Bonchev–Trinajstić information content (AvgIpc) is 2.46. The molecule has 0 saturated heterocycles. The van der Waals surface area contributed by atoms with Crippen LogP contribution in [-0.2, 0) is 6.42 Å². The average molecular weight is 273 g/mol. The molecule has 0 heterocycles. The molecule has 0 fully saturated rings. The summed E-state index contributed by atoms with van der Waals surface area (Å²) < 4.78 is 12.9. The molecule has 2 aromatic carbocycles. The van der Waals surface area contributed by atoms with Crippen molar-refractivity contribution in [1.29, 1.82) is 0 Å². The van der Waals surface area contributed by atoms with Crippen molar-refractivity contribution in [2.45, 2.75) is 12.5 Å². The van der Waals surface area contributed by atoms with E-state index in [2.05, 4.69) is 22.5 Å². The minimum atomic E-state index is -0.222. The zero-order valence-electron chi connectivity index (χ0n) is 11.8. The monoisotopic (exact) mass is 273 g/mol. The third kappa shape index (κ3) is 3.56. The molecule has 3 nitrogen and oxygen atoms in total. The fraction of sp³-hybridized carbons (Fsp3) is 0.250. The Kier molecular flexibility index (Phi) is 4.71. The molecule has 0 spiro atoms. The summed E-state index contributed by atoms with van der Waals surface area (Å²) >= 11 is 0. The van der Waals surface area contributed by atoms with Gasteiger partial charge in [0, 0.05) is 19.8 Å². The normalized spacial score (nSPS) is 12.2. The zero-order chi connectivity index (χ0) is 14.5. The molecule has 0 aliphatic heterocycles. The van der Waals surface area contributed by atoms with Crippen molar-refractivity contribution in [1.82, 2.24) is 5.43 Å². The number of nitrogens with two attached hydrogens (primary N) is 1. The van der Waals surface area contributed by atoms with Crippen LogP contribution in [0.25, 0.3) is 0 Å². The number of nitrogens with zero attached hydrogens (tertiary/aromatic N) is 1. The Bertz CT molecular complexity index is 552. The molecule has 0 bridgehead atoms. The lowest BCUT2D eigenvalue weighted by Gasteiger charge is -2.19. The largest absolute Gasteiger partial charge is 0.378 e. The summed E-state index contributed by atoms with van der Waals surface area (Å²) in [5, 5.41) is 0. The van der Waals surface area contributed by atoms with E-state index in [0.29, 0.717) is 6.42 Å². The highest BCUT2D eigenvalue weighted by atomic mass is 19.1. The van der Waals surface area contributed by atoms with Gasteiger partial charge in [-0.25, -0.2) is 4.39 Å². The summed E-state index contributed by atoms with van der Waals surface area (Å²) in [4.78, 5) is 2.05. The molecule has 2 rings (SSSR count). The van der Waals surface area contributed by atoms with Gasteiger partial charge in [-0.05, 0) is 41.8 Å². The topological polar surface area (TPSA) is 41.3 Å². The van der Waals surface area contributed by atoms with E-state index in [0.717, 1.165) is 16.8 Å². The Labute approximate surface area is 119 Å². The maximum Gasteiger partial charge on any atom is 0.123 e. The van der Waals surface area contributed by atoms with Gasteiger partial charge in [-0.1, -0.05) is 24.3 Å². The van der Waals surface area contributed by atoms with Crippen molar-refractivity contribution in [2.75, 3.05) is 19.0 Å². The van der Waals surface area contributed by atoms with Crippen molar-refractivity contribution >= 4 is 5.69 Å². The van der Waals surface area contributed by atoms with Gasteiger partial charge >= 0.3 is 0 Å². The van der Waals surface area contributed by atoms with Crippen molar-refractivity contribution in [3.63, 3.8) is 0 Å². The van der Waals surface area contributed by atoms with E-state index in [-0.39, 0.29) is 11.9 Å². The second-order valence-electron chi connectivity index (χ2n) is 5.04. The molecule has 0 saturated carbocycles. The van der Waals surface area contributed by atoms with Gasteiger partial charge in [0.2, 0.25) is 0 Å². The lowest BCUT2D eigenvalue weighted by molar-refractivity contribution is 0.551. The smallest absolute Gasteiger partial charge is 0.123 e. The first-order valence-corrected chi connectivity index (χ1v) is 6.58. The van der Waals surface area contributed by atoms with Gasteiger partial charge in [-0.15, -0.1) is 0 Å². The number of nitrogens with one attached hydrogen (secondary N) is 1. The van der Waals surface area contributed by atoms with Gasteiger partial charge < -0.3 is 4.90 Å². The summed E-state index contributed by atoms with van der Waals surface area (Å²) in [6.07, 6.45) is 0.716. The maximum atomic E-state index is 12.9. The van der Waals surface area contributed by atoms with Crippen molar-refractivity contribution in [3.05, 3.63) is 65.5 Å². The van der Waals surface area contributed by atoms with Crippen LogP contribution in [0.1, 0.15) is 17.2 Å². The maximum absolute atomic E-state index is 12.9. The van der Waals surface area contributed by atoms with E-state index in [1.54, 1.807) is 12.1 Å². The van der Waals surface area contributed by atoms with Gasteiger partial charge in [-0.2, -0.15) is 0 Å². The number of anilines is 1. The van der Waals surface area contributed by atoms with E-state index in [1.807, 2.05) is 26.2 Å². The molecule has 0 aromatic heterocycles. The second kappa shape index (κ2) is 6.50. The number of hydrogen-bond donors (Lipinski definition) is 2. The predicted octanol–water partition coefficient (Wildman–Crippen LogP) is 2.64. The second-order valence-corrected chi connectivity index (χ2v) is 5.04. The van der Waals surface area contributed by atoms with Gasteiger partial charge in [-0.3, -0.25) is 11.3 Å². The van der Waals surface area contributed by atoms with Crippen molar-refractivity contribution < 1.29 is 4.39 Å². The highest BCUT2D eigenvalue weighted by Crippen LogP contribution is 2.22. The molecule has 0 aliphatic carbocycles. The molecule has 1 unspecified atom stereocenters. The highest BCUT2D eigenvalue weighted by Gasteiger charge is 2.11. The fourth-order valence-electron chi connectivity index (χ4n) is 2.15. The molecule has 0 aliphatic rings. The number of benzene rings is 2. The summed E-state index contributed by atoms with van der Waals surface area (Å²) in [6, 6.07) is 14.7. The summed E-state index contributed by atoms with van der Waals surface area (Å²) in [6.45, 7) is 0. The first-order chi connectivity index (χ1) is 9.60. The Morgan fingerprint density at radius 1 is 1.15 bits per heavy atom. The van der Waals surface area contributed by atoms with Gasteiger partial charge in [0.05, 0.1) is 6.04 Å². The summed E-state index contributed by atoms with van der Waals surface area (Å²) in [5.74, 6) is 5.45. The van der Waals surface area contributed by atoms with Gasteiger partial charge in [0.25, 0.3) is 0 Å². The van der Waals surface area contributed by atoms with Gasteiger partial charge in [0.1, 0.15) is 5.82 Å². The summed E-state index contributed by atoms with van der Waals surface area (Å²) in [5.41, 5.74) is 6.12. The quantitative estimate of drug-likeness (QED) is 0.650. The van der Waals surface area contributed by atoms with E-state index >= 15 is 0 Å².